The van der Waals surface area contributed by atoms with Crippen molar-refractivity contribution in [3.63, 3.8) is 0 Å². The van der Waals surface area contributed by atoms with Gasteiger partial charge in [-0.3, -0.25) is 0 Å². The topological polar surface area (TPSA) is 30.5 Å². The van der Waals surface area contributed by atoms with Gasteiger partial charge in [-0.1, -0.05) is 17.7 Å². The van der Waals surface area contributed by atoms with E-state index in [0.717, 1.165) is 27.8 Å². The minimum atomic E-state index is 0.173. The molecule has 0 saturated carbocycles. The first-order chi connectivity index (χ1) is 10.5. The van der Waals surface area contributed by atoms with Gasteiger partial charge in [0.05, 0.1) is 6.10 Å². The normalized spacial score (nSPS) is 10.6. The van der Waals surface area contributed by atoms with Gasteiger partial charge in [0.1, 0.15) is 18.1 Å². The first-order valence-electron chi connectivity index (χ1n) is 7.44. The van der Waals surface area contributed by atoms with E-state index in [-0.39, 0.29) is 6.10 Å². The fourth-order valence-corrected chi connectivity index (χ4v) is 2.31. The predicted octanol–water partition coefficient (Wildman–Crippen LogP) is 4.93. The maximum absolute atomic E-state index is 5.93. The van der Waals surface area contributed by atoms with E-state index in [1.165, 1.54) is 0 Å². The van der Waals surface area contributed by atoms with Gasteiger partial charge < -0.3 is 14.8 Å². The Kier molecular flexibility index (Phi) is 5.96. The second-order valence-corrected chi connectivity index (χ2v) is 5.82. The van der Waals surface area contributed by atoms with E-state index in [9.17, 15) is 0 Å². The van der Waals surface area contributed by atoms with Crippen molar-refractivity contribution in [2.24, 2.45) is 0 Å². The minimum Gasteiger partial charge on any atom is -0.491 e. The molecule has 4 heteroatoms. The number of nitrogens with one attached hydrogen (secondary N) is 1. The summed E-state index contributed by atoms with van der Waals surface area (Å²) >= 11 is 5.93. The fraction of sp³-hybridized carbons (Fsp3) is 0.333. The van der Waals surface area contributed by atoms with Gasteiger partial charge >= 0.3 is 0 Å². The zero-order chi connectivity index (χ0) is 15.9. The molecule has 0 heterocycles. The Morgan fingerprint density at radius 3 is 2.68 bits per heavy atom. The zero-order valence-electron chi connectivity index (χ0n) is 13.2. The number of halogens is 1. The van der Waals surface area contributed by atoms with Crippen LogP contribution >= 0.6 is 11.6 Å². The summed E-state index contributed by atoms with van der Waals surface area (Å²) in [6.07, 6.45) is 0.173. The SMILES string of the molecule is Cc1cc(Cl)ccc1OCCNc1cccc(OC(C)C)c1. The molecule has 0 radical (unpaired) electrons. The molecule has 0 saturated heterocycles. The van der Waals surface area contributed by atoms with Crippen molar-refractivity contribution in [1.82, 2.24) is 0 Å². The highest BCUT2D eigenvalue weighted by molar-refractivity contribution is 6.30. The lowest BCUT2D eigenvalue weighted by molar-refractivity contribution is 0.242. The Morgan fingerprint density at radius 1 is 1.14 bits per heavy atom. The molecule has 0 aliphatic rings. The molecule has 0 aliphatic heterocycles. The molecular formula is C18H22ClNO2. The van der Waals surface area contributed by atoms with Crippen LogP contribution in [0.2, 0.25) is 5.02 Å². The Hall–Kier alpha value is -1.87. The van der Waals surface area contributed by atoms with Gasteiger partial charge in [-0.2, -0.15) is 0 Å². The molecule has 0 spiro atoms. The highest BCUT2D eigenvalue weighted by atomic mass is 35.5. The third-order valence-corrected chi connectivity index (χ3v) is 3.27. The van der Waals surface area contributed by atoms with Crippen molar-refractivity contribution >= 4 is 17.3 Å². The largest absolute Gasteiger partial charge is 0.491 e. The van der Waals surface area contributed by atoms with Crippen molar-refractivity contribution in [2.45, 2.75) is 26.9 Å². The molecule has 0 unspecified atom stereocenters. The van der Waals surface area contributed by atoms with Crippen LogP contribution in [0.4, 0.5) is 5.69 Å². The van der Waals surface area contributed by atoms with Crippen LogP contribution in [0.15, 0.2) is 42.5 Å². The number of anilines is 1. The summed E-state index contributed by atoms with van der Waals surface area (Å²) < 4.78 is 11.4. The second kappa shape index (κ2) is 7.95. The summed E-state index contributed by atoms with van der Waals surface area (Å²) in [4.78, 5) is 0. The van der Waals surface area contributed by atoms with Crippen molar-refractivity contribution in [2.75, 3.05) is 18.5 Å². The molecule has 118 valence electrons. The van der Waals surface area contributed by atoms with E-state index < -0.39 is 0 Å². The number of hydrogen-bond acceptors (Lipinski definition) is 3. The lowest BCUT2D eigenvalue weighted by atomic mass is 10.2. The van der Waals surface area contributed by atoms with Crippen LogP contribution in [0, 0.1) is 6.92 Å². The lowest BCUT2D eigenvalue weighted by Crippen LogP contribution is -2.12. The molecule has 0 aliphatic carbocycles. The van der Waals surface area contributed by atoms with E-state index in [4.69, 9.17) is 21.1 Å². The van der Waals surface area contributed by atoms with E-state index in [1.807, 2.05) is 63.2 Å². The molecule has 0 aromatic heterocycles. The predicted molar refractivity (Wildman–Crippen MR) is 92.4 cm³/mol. The molecule has 3 nitrogen and oxygen atoms in total. The zero-order valence-corrected chi connectivity index (χ0v) is 14.0. The summed E-state index contributed by atoms with van der Waals surface area (Å²) in [5, 5.41) is 4.06. The van der Waals surface area contributed by atoms with Crippen molar-refractivity contribution in [3.05, 3.63) is 53.1 Å². The first-order valence-corrected chi connectivity index (χ1v) is 7.82. The molecule has 1 N–H and O–H groups in total. The highest BCUT2D eigenvalue weighted by Crippen LogP contribution is 2.22. The fourth-order valence-electron chi connectivity index (χ4n) is 2.08. The summed E-state index contributed by atoms with van der Waals surface area (Å²) in [6, 6.07) is 13.6. The minimum absolute atomic E-state index is 0.173. The number of hydrogen-bond donors (Lipinski definition) is 1. The van der Waals surface area contributed by atoms with Crippen molar-refractivity contribution in [1.29, 1.82) is 0 Å². The molecule has 0 amide bonds. The second-order valence-electron chi connectivity index (χ2n) is 5.38. The van der Waals surface area contributed by atoms with Crippen LogP contribution in [0.1, 0.15) is 19.4 Å². The van der Waals surface area contributed by atoms with Gasteiger partial charge in [-0.15, -0.1) is 0 Å². The maximum Gasteiger partial charge on any atom is 0.122 e. The van der Waals surface area contributed by atoms with Crippen LogP contribution in [0.25, 0.3) is 0 Å². The average molecular weight is 320 g/mol. The molecule has 2 aromatic carbocycles. The Labute approximate surface area is 137 Å². The summed E-state index contributed by atoms with van der Waals surface area (Å²) in [5.41, 5.74) is 2.06. The number of ether oxygens (including phenoxy) is 2. The first kappa shape index (κ1) is 16.5. The van der Waals surface area contributed by atoms with Gasteiger partial charge in [-0.05, 0) is 56.7 Å². The van der Waals surface area contributed by atoms with E-state index >= 15 is 0 Å². The molecule has 2 aromatic rings. The third-order valence-electron chi connectivity index (χ3n) is 3.03. The number of aryl methyl sites for hydroxylation is 1. The molecule has 2 rings (SSSR count). The van der Waals surface area contributed by atoms with Crippen LogP contribution in [-0.4, -0.2) is 19.3 Å². The average Bonchev–Trinajstić information content (AvgIpc) is 2.45. The van der Waals surface area contributed by atoms with Crippen molar-refractivity contribution in [3.8, 4) is 11.5 Å². The number of benzene rings is 2. The summed E-state index contributed by atoms with van der Waals surface area (Å²) in [6.45, 7) is 7.32. The van der Waals surface area contributed by atoms with Gasteiger partial charge in [0.2, 0.25) is 0 Å². The van der Waals surface area contributed by atoms with Crippen molar-refractivity contribution < 1.29 is 9.47 Å². The van der Waals surface area contributed by atoms with Crippen LogP contribution in [0.5, 0.6) is 11.5 Å². The molecule has 22 heavy (non-hydrogen) atoms. The van der Waals surface area contributed by atoms with E-state index in [0.29, 0.717) is 13.2 Å². The molecule has 0 fully saturated rings. The Bertz CT molecular complexity index is 614. The van der Waals surface area contributed by atoms with Crippen LogP contribution < -0.4 is 14.8 Å². The maximum atomic E-state index is 5.93. The standard InChI is InChI=1S/C18H22ClNO2/c1-13(2)22-17-6-4-5-16(12-17)20-9-10-21-18-8-7-15(19)11-14(18)3/h4-8,11-13,20H,9-10H2,1-3H3. The van der Waals surface area contributed by atoms with Crippen LogP contribution in [0.3, 0.4) is 0 Å². The Morgan fingerprint density at radius 2 is 1.95 bits per heavy atom. The van der Waals surface area contributed by atoms with Crippen LogP contribution in [-0.2, 0) is 0 Å². The Balaban J connectivity index is 1.81. The quantitative estimate of drug-likeness (QED) is 0.734. The molecule has 0 bridgehead atoms. The van der Waals surface area contributed by atoms with E-state index in [1.54, 1.807) is 0 Å². The highest BCUT2D eigenvalue weighted by Gasteiger charge is 2.01. The van der Waals surface area contributed by atoms with Gasteiger partial charge in [-0.25, -0.2) is 0 Å². The smallest absolute Gasteiger partial charge is 0.122 e. The summed E-state index contributed by atoms with van der Waals surface area (Å²) in [7, 11) is 0. The number of rotatable bonds is 7. The third kappa shape index (κ3) is 5.15. The van der Waals surface area contributed by atoms with Gasteiger partial charge in [0.15, 0.2) is 0 Å². The summed E-state index contributed by atoms with van der Waals surface area (Å²) in [5.74, 6) is 1.73. The molecule has 0 atom stereocenters. The van der Waals surface area contributed by atoms with Gasteiger partial charge in [0, 0.05) is 23.3 Å². The monoisotopic (exact) mass is 319 g/mol. The lowest BCUT2D eigenvalue weighted by Gasteiger charge is -2.13. The van der Waals surface area contributed by atoms with Gasteiger partial charge in [0.25, 0.3) is 0 Å². The van der Waals surface area contributed by atoms with E-state index in [2.05, 4.69) is 5.32 Å². The molecular weight excluding hydrogens is 298 g/mol.